The molecule has 0 radical (unpaired) electrons. The molecule has 1 fully saturated rings. The van der Waals surface area contributed by atoms with Crippen LogP contribution in [0.25, 0.3) is 0 Å². The van der Waals surface area contributed by atoms with Crippen LogP contribution in [0.3, 0.4) is 0 Å². The van der Waals surface area contributed by atoms with Gasteiger partial charge >= 0.3 is 0 Å². The number of hydrogen-bond donors (Lipinski definition) is 0. The number of aryl methyl sites for hydroxylation is 1. The van der Waals surface area contributed by atoms with E-state index in [9.17, 15) is 13.2 Å². The molecule has 2 aliphatic carbocycles. The lowest BCUT2D eigenvalue weighted by Crippen LogP contribution is -2.49. The molecule has 1 aliphatic heterocycles. The molecule has 0 bridgehead atoms. The molecular formula is C41H45ClN2O6S. The maximum Gasteiger partial charge on any atom is 0.243 e. The van der Waals surface area contributed by atoms with Crippen LogP contribution < -0.4 is 19.1 Å². The number of carbonyl (C=O) groups excluding carboxylic acids is 1. The largest absolute Gasteiger partial charge is 0.497 e. The Morgan fingerprint density at radius 3 is 2.18 bits per heavy atom. The van der Waals surface area contributed by atoms with E-state index in [0.29, 0.717) is 36.9 Å². The van der Waals surface area contributed by atoms with Gasteiger partial charge in [0.15, 0.2) is 0 Å². The fraction of sp³-hybridized carbons (Fsp3) is 0.390. The number of anilines is 1. The predicted octanol–water partition coefficient (Wildman–Crippen LogP) is 7.84. The number of Topliss-reactive ketones (excluding diaryl/α,β-unsaturated/α-hetero) is 1. The van der Waals surface area contributed by atoms with Gasteiger partial charge in [0.25, 0.3) is 0 Å². The minimum absolute atomic E-state index is 0.0161. The molecule has 10 heteroatoms. The van der Waals surface area contributed by atoms with Gasteiger partial charge < -0.3 is 19.1 Å². The number of carbonyl (C=O) groups is 1. The van der Waals surface area contributed by atoms with Gasteiger partial charge in [0.05, 0.1) is 31.4 Å². The van der Waals surface area contributed by atoms with Crippen LogP contribution >= 0.6 is 11.6 Å². The Kier molecular flexibility index (Phi) is 10.1. The zero-order valence-electron chi connectivity index (χ0n) is 29.4. The number of ketones is 1. The van der Waals surface area contributed by atoms with Crippen molar-refractivity contribution < 1.29 is 27.4 Å². The highest BCUT2D eigenvalue weighted by molar-refractivity contribution is 7.89. The summed E-state index contributed by atoms with van der Waals surface area (Å²) in [6.07, 6.45) is 4.76. The van der Waals surface area contributed by atoms with Gasteiger partial charge in [0.1, 0.15) is 23.0 Å². The number of hydrogen-bond acceptors (Lipinski definition) is 7. The molecule has 4 aromatic carbocycles. The fourth-order valence-electron chi connectivity index (χ4n) is 8.10. The lowest BCUT2D eigenvalue weighted by Gasteiger charge is -2.44. The zero-order valence-corrected chi connectivity index (χ0v) is 31.0. The number of nitrogens with zero attached hydrogens (tertiary/aromatic N) is 2. The Hall–Kier alpha value is -4.05. The molecule has 7 rings (SSSR count). The maximum atomic E-state index is 14.7. The second-order valence-electron chi connectivity index (χ2n) is 14.3. The van der Waals surface area contributed by atoms with Gasteiger partial charge in [-0.1, -0.05) is 41.9 Å². The third-order valence-electron chi connectivity index (χ3n) is 11.1. The van der Waals surface area contributed by atoms with E-state index in [0.717, 1.165) is 53.9 Å². The van der Waals surface area contributed by atoms with Crippen LogP contribution in [0, 0.1) is 11.8 Å². The van der Waals surface area contributed by atoms with Gasteiger partial charge in [-0.2, -0.15) is 4.31 Å². The molecule has 0 aromatic heterocycles. The molecule has 1 heterocycles. The Balaban J connectivity index is 1.27. The minimum Gasteiger partial charge on any atom is -0.497 e. The van der Waals surface area contributed by atoms with Crippen LogP contribution in [0.5, 0.6) is 17.2 Å². The number of fused-ring (bicyclic) bond motifs is 3. The topological polar surface area (TPSA) is 85.4 Å². The second-order valence-corrected chi connectivity index (χ2v) is 16.6. The summed E-state index contributed by atoms with van der Waals surface area (Å²) in [5.41, 5.74) is 4.60. The van der Waals surface area contributed by atoms with Crippen molar-refractivity contribution in [1.29, 1.82) is 0 Å². The molecule has 0 amide bonds. The average Bonchev–Trinajstić information content (AvgIpc) is 3.26. The lowest BCUT2D eigenvalue weighted by atomic mass is 9.69. The monoisotopic (exact) mass is 728 g/mol. The van der Waals surface area contributed by atoms with Crippen molar-refractivity contribution in [2.75, 3.05) is 38.8 Å². The van der Waals surface area contributed by atoms with E-state index in [-0.39, 0.29) is 41.0 Å². The summed E-state index contributed by atoms with van der Waals surface area (Å²) in [5.74, 6) is 2.49. The number of methoxy groups -OCH3 is 2. The van der Waals surface area contributed by atoms with Crippen LogP contribution in [0.1, 0.15) is 54.9 Å². The van der Waals surface area contributed by atoms with Gasteiger partial charge in [-0.25, -0.2) is 8.42 Å². The molecule has 268 valence electrons. The Morgan fingerprint density at radius 2 is 1.59 bits per heavy atom. The average molecular weight is 729 g/mol. The maximum absolute atomic E-state index is 14.7. The number of benzene rings is 4. The van der Waals surface area contributed by atoms with Crippen LogP contribution in [-0.2, 0) is 39.7 Å². The van der Waals surface area contributed by atoms with Gasteiger partial charge in [-0.05, 0) is 122 Å². The van der Waals surface area contributed by atoms with E-state index in [1.54, 1.807) is 33.3 Å². The number of ether oxygens (including phenoxy) is 3. The molecule has 1 saturated carbocycles. The van der Waals surface area contributed by atoms with Crippen molar-refractivity contribution in [2.45, 2.75) is 62.4 Å². The third kappa shape index (κ3) is 7.21. The van der Waals surface area contributed by atoms with Crippen molar-refractivity contribution in [3.8, 4) is 17.2 Å². The Labute approximate surface area is 306 Å². The first-order chi connectivity index (χ1) is 24.6. The zero-order chi connectivity index (χ0) is 35.8. The Bertz CT molecular complexity index is 1950. The smallest absolute Gasteiger partial charge is 0.243 e. The number of halogens is 1. The minimum atomic E-state index is -4.01. The molecule has 0 saturated heterocycles. The SMILES string of the molecule is COc1ccc(CN(Cc2ccc(OC)cc2)S(=O)(=O)c2ccc3c(c2)N(C[C@@H]2CC[C@H]2C(C)=O)C[C@@]2(CCCc4cc(Cl)ccc42)CO3)cc1. The van der Waals surface area contributed by atoms with Crippen molar-refractivity contribution in [2.24, 2.45) is 11.8 Å². The molecule has 51 heavy (non-hydrogen) atoms. The summed E-state index contributed by atoms with van der Waals surface area (Å²) in [7, 11) is -0.794. The van der Waals surface area contributed by atoms with Crippen molar-refractivity contribution in [3.63, 3.8) is 0 Å². The summed E-state index contributed by atoms with van der Waals surface area (Å²) in [5, 5.41) is 0.725. The number of rotatable bonds is 11. The number of sulfonamides is 1. The van der Waals surface area contributed by atoms with E-state index in [4.69, 9.17) is 25.8 Å². The quantitative estimate of drug-likeness (QED) is 0.156. The van der Waals surface area contributed by atoms with Crippen LogP contribution in [0.4, 0.5) is 5.69 Å². The first kappa shape index (κ1) is 35.4. The highest BCUT2D eigenvalue weighted by atomic mass is 35.5. The molecule has 8 nitrogen and oxygen atoms in total. The highest BCUT2D eigenvalue weighted by Gasteiger charge is 2.44. The van der Waals surface area contributed by atoms with E-state index < -0.39 is 10.0 Å². The molecule has 1 spiro atoms. The van der Waals surface area contributed by atoms with Crippen molar-refractivity contribution >= 4 is 33.1 Å². The van der Waals surface area contributed by atoms with Gasteiger partial charge in [-0.15, -0.1) is 0 Å². The van der Waals surface area contributed by atoms with Crippen LogP contribution in [0.15, 0.2) is 89.8 Å². The predicted molar refractivity (Wildman–Crippen MR) is 200 cm³/mol. The van der Waals surface area contributed by atoms with Gasteiger partial charge in [0, 0.05) is 42.5 Å². The standard InChI is InChI=1S/C41H45ClN2O6S/c1-28(45)37-17-10-32(37)25-43-26-41(20-4-5-31-21-33(42)11-18-38(31)41)27-50-40-19-16-36(22-39(40)43)51(46,47)44(23-29-6-12-34(48-2)13-7-29)24-30-8-14-35(49-3)15-9-30/h6-9,11-16,18-19,21-22,32,37H,4-5,10,17,20,23-27H2,1-3H3/t32-,37-,41-/m0/s1. The second kappa shape index (κ2) is 14.5. The fourth-order valence-corrected chi connectivity index (χ4v) is 9.74. The molecule has 0 unspecified atom stereocenters. The highest BCUT2D eigenvalue weighted by Crippen LogP contribution is 2.47. The third-order valence-corrected chi connectivity index (χ3v) is 13.1. The van der Waals surface area contributed by atoms with Crippen molar-refractivity contribution in [3.05, 3.63) is 112 Å². The van der Waals surface area contributed by atoms with E-state index in [1.807, 2.05) is 60.7 Å². The normalized spacial score (nSPS) is 21.2. The lowest BCUT2D eigenvalue weighted by molar-refractivity contribution is -0.125. The van der Waals surface area contributed by atoms with E-state index in [1.165, 1.54) is 15.4 Å². The Morgan fingerprint density at radius 1 is 0.922 bits per heavy atom. The summed E-state index contributed by atoms with van der Waals surface area (Å²) in [4.78, 5) is 15.1. The summed E-state index contributed by atoms with van der Waals surface area (Å²) < 4.78 is 48.3. The van der Waals surface area contributed by atoms with Crippen LogP contribution in [-0.4, -0.2) is 52.4 Å². The first-order valence-corrected chi connectivity index (χ1v) is 19.5. The first-order valence-electron chi connectivity index (χ1n) is 17.7. The molecule has 3 aliphatic rings. The van der Waals surface area contributed by atoms with Crippen LogP contribution in [0.2, 0.25) is 5.02 Å². The van der Waals surface area contributed by atoms with E-state index in [2.05, 4.69) is 17.0 Å². The van der Waals surface area contributed by atoms with Gasteiger partial charge in [0.2, 0.25) is 10.0 Å². The summed E-state index contributed by atoms with van der Waals surface area (Å²) in [6, 6.07) is 26.3. The van der Waals surface area contributed by atoms with E-state index >= 15 is 0 Å². The molecule has 3 atom stereocenters. The molecular weight excluding hydrogens is 684 g/mol. The summed E-state index contributed by atoms with van der Waals surface area (Å²) >= 11 is 6.45. The van der Waals surface area contributed by atoms with Crippen molar-refractivity contribution in [1.82, 2.24) is 4.31 Å². The molecule has 0 N–H and O–H groups in total. The van der Waals surface area contributed by atoms with Gasteiger partial charge in [-0.3, -0.25) is 4.79 Å². The summed E-state index contributed by atoms with van der Waals surface area (Å²) in [6.45, 7) is 3.79. The molecule has 4 aromatic rings.